The highest BCUT2D eigenvalue weighted by Crippen LogP contribution is 2.23. The molecule has 0 aromatic heterocycles. The maximum atomic E-state index is 11.5. The molecule has 5 heteroatoms. The molecule has 0 radical (unpaired) electrons. The van der Waals surface area contributed by atoms with Crippen LogP contribution in [0.3, 0.4) is 0 Å². The van der Waals surface area contributed by atoms with Crippen molar-refractivity contribution >= 4 is 33.7 Å². The van der Waals surface area contributed by atoms with Gasteiger partial charge in [0.05, 0.1) is 5.57 Å². The highest BCUT2D eigenvalue weighted by atomic mass is 35.5. The maximum Gasteiger partial charge on any atom is 0.269 e. The minimum absolute atomic E-state index is 0.142. The second-order valence-corrected chi connectivity index (χ2v) is 4.76. The number of benzene rings is 1. The zero-order chi connectivity index (χ0) is 13.8. The van der Waals surface area contributed by atoms with E-state index >= 15 is 0 Å². The summed E-state index contributed by atoms with van der Waals surface area (Å²) in [6.07, 6.45) is 3.31. The van der Waals surface area contributed by atoms with Crippen molar-refractivity contribution in [1.82, 2.24) is 4.90 Å². The highest BCUT2D eigenvalue weighted by molar-refractivity contribution is 6.71. The summed E-state index contributed by atoms with van der Waals surface area (Å²) in [7, 11) is 0. The molecule has 1 aliphatic rings. The summed E-state index contributed by atoms with van der Waals surface area (Å²) in [6, 6.07) is 9.62. The largest absolute Gasteiger partial charge is 0.359 e. The van der Waals surface area contributed by atoms with Gasteiger partial charge in [0.15, 0.2) is 0 Å². The Hall–Kier alpha value is -1.58. The van der Waals surface area contributed by atoms with E-state index in [9.17, 15) is 9.59 Å². The SMILES string of the molecule is O=C(Cl)C1=C(C(=O)Cl)N(Cc2ccccc2)CC=C1. The molecule has 1 aromatic carbocycles. The minimum atomic E-state index is -0.682. The first-order valence-corrected chi connectivity index (χ1v) is 6.44. The van der Waals surface area contributed by atoms with Gasteiger partial charge in [-0.25, -0.2) is 0 Å². The van der Waals surface area contributed by atoms with E-state index in [1.807, 2.05) is 30.3 Å². The van der Waals surface area contributed by atoms with Gasteiger partial charge >= 0.3 is 0 Å². The van der Waals surface area contributed by atoms with Gasteiger partial charge in [0, 0.05) is 13.1 Å². The Bertz CT molecular complexity index is 564. The van der Waals surface area contributed by atoms with Crippen molar-refractivity contribution in [2.75, 3.05) is 6.54 Å². The lowest BCUT2D eigenvalue weighted by atomic mass is 10.1. The van der Waals surface area contributed by atoms with E-state index in [2.05, 4.69) is 0 Å². The number of halogens is 2. The Morgan fingerprint density at radius 1 is 1.11 bits per heavy atom. The summed E-state index contributed by atoms with van der Waals surface area (Å²) in [6.45, 7) is 1.00. The van der Waals surface area contributed by atoms with Gasteiger partial charge < -0.3 is 4.90 Å². The molecule has 3 nitrogen and oxygen atoms in total. The summed E-state index contributed by atoms with van der Waals surface area (Å²) in [5.41, 5.74) is 1.33. The molecule has 2 rings (SSSR count). The first-order chi connectivity index (χ1) is 9.09. The summed E-state index contributed by atoms with van der Waals surface area (Å²) in [4.78, 5) is 24.6. The maximum absolute atomic E-state index is 11.5. The lowest BCUT2D eigenvalue weighted by Crippen LogP contribution is -2.30. The number of carbonyl (C=O) groups is 2. The van der Waals surface area contributed by atoms with E-state index in [4.69, 9.17) is 23.2 Å². The van der Waals surface area contributed by atoms with Crippen LogP contribution in [0, 0.1) is 0 Å². The zero-order valence-corrected chi connectivity index (χ0v) is 11.5. The molecule has 19 heavy (non-hydrogen) atoms. The molecule has 0 fully saturated rings. The second kappa shape index (κ2) is 6.04. The number of nitrogens with zero attached hydrogens (tertiary/aromatic N) is 1. The van der Waals surface area contributed by atoms with Gasteiger partial charge in [0.2, 0.25) is 0 Å². The fourth-order valence-electron chi connectivity index (χ4n) is 1.97. The molecular weight excluding hydrogens is 285 g/mol. The van der Waals surface area contributed by atoms with Crippen LogP contribution in [-0.2, 0) is 16.1 Å². The molecule has 0 aliphatic carbocycles. The first kappa shape index (κ1) is 13.8. The number of allylic oxidation sites excluding steroid dienone is 3. The van der Waals surface area contributed by atoms with Crippen LogP contribution in [-0.4, -0.2) is 21.9 Å². The highest BCUT2D eigenvalue weighted by Gasteiger charge is 2.24. The van der Waals surface area contributed by atoms with Gasteiger partial charge in [-0.1, -0.05) is 42.5 Å². The molecule has 98 valence electrons. The quantitative estimate of drug-likeness (QED) is 0.802. The van der Waals surface area contributed by atoms with Crippen molar-refractivity contribution in [2.24, 2.45) is 0 Å². The number of rotatable bonds is 4. The van der Waals surface area contributed by atoms with E-state index in [0.717, 1.165) is 5.56 Å². The van der Waals surface area contributed by atoms with E-state index < -0.39 is 10.5 Å². The summed E-state index contributed by atoms with van der Waals surface area (Å²) < 4.78 is 0. The molecule has 0 spiro atoms. The van der Waals surface area contributed by atoms with Crippen LogP contribution in [0.5, 0.6) is 0 Å². The third-order valence-corrected chi connectivity index (χ3v) is 3.18. The van der Waals surface area contributed by atoms with Crippen molar-refractivity contribution in [3.8, 4) is 0 Å². The smallest absolute Gasteiger partial charge is 0.269 e. The summed E-state index contributed by atoms with van der Waals surface area (Å²) in [5.74, 6) is 0. The fourth-order valence-corrected chi connectivity index (χ4v) is 2.35. The minimum Gasteiger partial charge on any atom is -0.359 e. The van der Waals surface area contributed by atoms with Crippen LogP contribution in [0.4, 0.5) is 0 Å². The van der Waals surface area contributed by atoms with Crippen molar-refractivity contribution in [2.45, 2.75) is 6.54 Å². The van der Waals surface area contributed by atoms with Crippen LogP contribution in [0.2, 0.25) is 0 Å². The first-order valence-electron chi connectivity index (χ1n) is 5.69. The molecule has 0 N–H and O–H groups in total. The predicted octanol–water partition coefficient (Wildman–Crippen LogP) is 2.84. The number of hydrogen-bond acceptors (Lipinski definition) is 3. The molecule has 1 heterocycles. The average Bonchev–Trinajstić information content (AvgIpc) is 2.39. The molecule has 1 aromatic rings. The van der Waals surface area contributed by atoms with Gasteiger partial charge in [-0.15, -0.1) is 0 Å². The third-order valence-electron chi connectivity index (χ3n) is 2.80. The second-order valence-electron chi connectivity index (χ2n) is 4.08. The van der Waals surface area contributed by atoms with Crippen molar-refractivity contribution in [3.05, 3.63) is 59.3 Å². The van der Waals surface area contributed by atoms with E-state index in [-0.39, 0.29) is 11.3 Å². The van der Waals surface area contributed by atoms with Crippen molar-refractivity contribution in [1.29, 1.82) is 0 Å². The van der Waals surface area contributed by atoms with E-state index in [1.54, 1.807) is 11.0 Å². The van der Waals surface area contributed by atoms with Gasteiger partial charge in [-0.3, -0.25) is 9.59 Å². The topological polar surface area (TPSA) is 37.4 Å². The molecule has 0 saturated heterocycles. The van der Waals surface area contributed by atoms with Crippen LogP contribution in [0.15, 0.2) is 53.8 Å². The average molecular weight is 296 g/mol. The summed E-state index contributed by atoms with van der Waals surface area (Å²) in [5, 5.41) is -1.36. The van der Waals surface area contributed by atoms with Crippen molar-refractivity contribution < 1.29 is 9.59 Å². The Balaban J connectivity index is 2.33. The molecular formula is C14H11Cl2NO2. The van der Waals surface area contributed by atoms with E-state index in [0.29, 0.717) is 13.1 Å². The Labute approximate surface area is 121 Å². The third kappa shape index (κ3) is 3.25. The number of hydrogen-bond donors (Lipinski definition) is 0. The fraction of sp³-hybridized carbons (Fsp3) is 0.143. The monoisotopic (exact) mass is 295 g/mol. The molecule has 0 unspecified atom stereocenters. The molecule has 0 saturated carbocycles. The molecule has 0 bridgehead atoms. The lowest BCUT2D eigenvalue weighted by molar-refractivity contribution is -0.112. The standard InChI is InChI=1S/C14H11Cl2NO2/c15-13(18)11-7-4-8-17(12(11)14(16)19)9-10-5-2-1-3-6-10/h1-7H,8-9H2. The van der Waals surface area contributed by atoms with Crippen LogP contribution >= 0.6 is 23.2 Å². The van der Waals surface area contributed by atoms with Gasteiger partial charge in [-0.2, -0.15) is 0 Å². The van der Waals surface area contributed by atoms with Gasteiger partial charge in [-0.05, 0) is 28.8 Å². The molecule has 1 aliphatic heterocycles. The van der Waals surface area contributed by atoms with Crippen molar-refractivity contribution in [3.63, 3.8) is 0 Å². The van der Waals surface area contributed by atoms with E-state index in [1.165, 1.54) is 6.08 Å². The molecule has 0 atom stereocenters. The molecule has 0 amide bonds. The zero-order valence-electron chi connectivity index (χ0n) is 9.98. The Morgan fingerprint density at radius 2 is 1.79 bits per heavy atom. The predicted molar refractivity (Wildman–Crippen MR) is 74.7 cm³/mol. The van der Waals surface area contributed by atoms with Crippen LogP contribution in [0.25, 0.3) is 0 Å². The normalized spacial score (nSPS) is 14.7. The Kier molecular flexibility index (Phi) is 4.40. The summed E-state index contributed by atoms with van der Waals surface area (Å²) >= 11 is 11.1. The van der Waals surface area contributed by atoms with Gasteiger partial charge in [0.25, 0.3) is 10.5 Å². The van der Waals surface area contributed by atoms with Gasteiger partial charge in [0.1, 0.15) is 5.70 Å². The lowest BCUT2D eigenvalue weighted by Gasteiger charge is -2.28. The van der Waals surface area contributed by atoms with Crippen LogP contribution in [0.1, 0.15) is 5.56 Å². The number of carbonyl (C=O) groups excluding carboxylic acids is 2. The van der Waals surface area contributed by atoms with Crippen LogP contribution < -0.4 is 0 Å². The Morgan fingerprint density at radius 3 is 2.37 bits per heavy atom.